The SMILES string of the molecule is COC(=O)C(NC(=S)N(NC(=O)OC(C)(C)C)[C@H](C)[C@](O)(Cn1cncn1)c1ccc(F)cc1F)c1ccccc1. The molecule has 0 saturated heterocycles. The lowest BCUT2D eigenvalue weighted by Gasteiger charge is -2.42. The van der Waals surface area contributed by atoms with Gasteiger partial charge in [0.25, 0.3) is 0 Å². The third-order valence-corrected chi connectivity index (χ3v) is 6.33. The van der Waals surface area contributed by atoms with Gasteiger partial charge in [-0.2, -0.15) is 5.10 Å². The number of thiocarbonyl (C=S) groups is 1. The van der Waals surface area contributed by atoms with E-state index in [-0.39, 0.29) is 17.2 Å². The quantitative estimate of drug-likeness (QED) is 0.204. The minimum absolute atomic E-state index is 0.248. The molecule has 0 aliphatic carbocycles. The summed E-state index contributed by atoms with van der Waals surface area (Å²) in [5.41, 5.74) is -0.449. The molecule has 220 valence electrons. The van der Waals surface area contributed by atoms with E-state index < -0.39 is 47.0 Å². The molecule has 1 amide bonds. The smallest absolute Gasteiger partial charge is 0.426 e. The van der Waals surface area contributed by atoms with Gasteiger partial charge in [0.2, 0.25) is 0 Å². The minimum atomic E-state index is -2.21. The number of nitrogens with zero attached hydrogens (tertiary/aromatic N) is 4. The Hall–Kier alpha value is -4.17. The lowest BCUT2D eigenvalue weighted by molar-refractivity contribution is -0.142. The van der Waals surface area contributed by atoms with Crippen LogP contribution in [-0.2, 0) is 26.4 Å². The topological polar surface area (TPSA) is 131 Å². The number of hydrogen-bond donors (Lipinski definition) is 3. The zero-order valence-electron chi connectivity index (χ0n) is 23.2. The molecule has 11 nitrogen and oxygen atoms in total. The van der Waals surface area contributed by atoms with Crippen molar-refractivity contribution in [1.29, 1.82) is 0 Å². The van der Waals surface area contributed by atoms with Gasteiger partial charge in [-0.25, -0.2) is 33.5 Å². The highest BCUT2D eigenvalue weighted by atomic mass is 32.1. The first kappa shape index (κ1) is 31.4. The Kier molecular flexibility index (Phi) is 9.94. The van der Waals surface area contributed by atoms with Crippen molar-refractivity contribution in [1.82, 2.24) is 30.5 Å². The number of hydrazine groups is 1. The van der Waals surface area contributed by atoms with Crippen molar-refractivity contribution in [3.8, 4) is 0 Å². The second-order valence-corrected chi connectivity index (χ2v) is 10.5. The molecule has 3 aromatic rings. The number of benzene rings is 2. The maximum atomic E-state index is 15.2. The van der Waals surface area contributed by atoms with Crippen LogP contribution in [0, 0.1) is 11.6 Å². The van der Waals surface area contributed by atoms with Gasteiger partial charge in [-0.1, -0.05) is 36.4 Å². The fraction of sp³-hybridized carbons (Fsp3) is 0.370. The van der Waals surface area contributed by atoms with Gasteiger partial charge in [-0.15, -0.1) is 0 Å². The predicted molar refractivity (Wildman–Crippen MR) is 148 cm³/mol. The van der Waals surface area contributed by atoms with Crippen LogP contribution in [-0.4, -0.2) is 60.8 Å². The standard InChI is InChI=1S/C27H32F2N6O5S/c1-17(27(38,14-34-16-30-15-31-34)20-12-11-19(28)13-21(20)29)35(33-25(37)40-26(2,3)4)24(41)32-22(23(36)39-5)18-9-7-6-8-10-18/h6-13,15-17,22,38H,14H2,1-5H3,(H,32,41)(H,33,37)/t17-,22?,27-/m1/s1. The van der Waals surface area contributed by atoms with E-state index in [1.807, 2.05) is 0 Å². The number of esters is 1. The highest BCUT2D eigenvalue weighted by molar-refractivity contribution is 7.80. The molecule has 3 atom stereocenters. The first-order chi connectivity index (χ1) is 19.2. The van der Waals surface area contributed by atoms with Gasteiger partial charge in [-0.05, 0) is 51.5 Å². The molecule has 41 heavy (non-hydrogen) atoms. The Bertz CT molecular complexity index is 1360. The lowest BCUT2D eigenvalue weighted by Crippen LogP contribution is -2.62. The van der Waals surface area contributed by atoms with E-state index in [1.165, 1.54) is 31.4 Å². The van der Waals surface area contributed by atoms with Crippen LogP contribution in [0.1, 0.15) is 44.9 Å². The second kappa shape index (κ2) is 13.0. The van der Waals surface area contributed by atoms with Crippen molar-refractivity contribution >= 4 is 29.4 Å². The predicted octanol–water partition coefficient (Wildman–Crippen LogP) is 3.36. The van der Waals surface area contributed by atoms with Crippen molar-refractivity contribution in [3.05, 3.63) is 83.9 Å². The first-order valence-corrected chi connectivity index (χ1v) is 12.9. The van der Waals surface area contributed by atoms with Crippen molar-refractivity contribution in [3.63, 3.8) is 0 Å². The summed E-state index contributed by atoms with van der Waals surface area (Å²) >= 11 is 5.61. The number of aliphatic hydroxyl groups is 1. The summed E-state index contributed by atoms with van der Waals surface area (Å²) in [6.07, 6.45) is 1.56. The first-order valence-electron chi connectivity index (χ1n) is 12.5. The van der Waals surface area contributed by atoms with Gasteiger partial charge in [0.1, 0.15) is 35.5 Å². The highest BCUT2D eigenvalue weighted by Gasteiger charge is 2.44. The average molecular weight is 591 g/mol. The van der Waals surface area contributed by atoms with Crippen LogP contribution in [0.25, 0.3) is 0 Å². The van der Waals surface area contributed by atoms with E-state index in [0.29, 0.717) is 11.6 Å². The minimum Gasteiger partial charge on any atom is -0.467 e. The number of carbonyl (C=O) groups is 2. The number of hydrogen-bond acceptors (Lipinski definition) is 8. The van der Waals surface area contributed by atoms with Crippen LogP contribution >= 0.6 is 12.2 Å². The van der Waals surface area contributed by atoms with Crippen molar-refractivity contribution in [2.24, 2.45) is 0 Å². The monoisotopic (exact) mass is 590 g/mol. The lowest BCUT2D eigenvalue weighted by atomic mass is 9.86. The van der Waals surface area contributed by atoms with Gasteiger partial charge in [0, 0.05) is 11.6 Å². The van der Waals surface area contributed by atoms with E-state index in [2.05, 4.69) is 20.8 Å². The summed E-state index contributed by atoms with van der Waals surface area (Å²) in [4.78, 5) is 29.5. The summed E-state index contributed by atoms with van der Waals surface area (Å²) in [7, 11) is 1.20. The zero-order chi connectivity index (χ0) is 30.4. The Morgan fingerprint density at radius 1 is 1.17 bits per heavy atom. The number of nitrogens with one attached hydrogen (secondary N) is 2. The molecule has 1 unspecified atom stereocenters. The number of halogens is 2. The normalized spacial score (nSPS) is 14.2. The third-order valence-electron chi connectivity index (χ3n) is 6.01. The molecule has 0 aliphatic heterocycles. The molecule has 0 aliphatic rings. The van der Waals surface area contributed by atoms with E-state index in [0.717, 1.165) is 17.1 Å². The van der Waals surface area contributed by atoms with Gasteiger partial charge >= 0.3 is 12.1 Å². The van der Waals surface area contributed by atoms with Gasteiger partial charge in [-0.3, -0.25) is 5.01 Å². The summed E-state index contributed by atoms with van der Waals surface area (Å²) in [5.74, 6) is -2.59. The van der Waals surface area contributed by atoms with E-state index in [4.69, 9.17) is 21.7 Å². The molecule has 3 N–H and O–H groups in total. The van der Waals surface area contributed by atoms with Crippen LogP contribution in [0.2, 0.25) is 0 Å². The third kappa shape index (κ3) is 7.95. The molecule has 1 aromatic heterocycles. The Morgan fingerprint density at radius 3 is 2.41 bits per heavy atom. The number of amides is 1. The number of aromatic nitrogens is 3. The van der Waals surface area contributed by atoms with Crippen LogP contribution in [0.3, 0.4) is 0 Å². The number of methoxy groups -OCH3 is 1. The van der Waals surface area contributed by atoms with Crippen molar-refractivity contribution in [2.45, 2.75) is 57.5 Å². The molecular weight excluding hydrogens is 558 g/mol. The highest BCUT2D eigenvalue weighted by Crippen LogP contribution is 2.33. The molecule has 2 aromatic carbocycles. The number of ether oxygens (including phenoxy) is 2. The summed E-state index contributed by atoms with van der Waals surface area (Å²) < 4.78 is 40.6. The van der Waals surface area contributed by atoms with Gasteiger partial charge < -0.3 is 19.9 Å². The maximum Gasteiger partial charge on any atom is 0.426 e. The Balaban J connectivity index is 2.09. The summed E-state index contributed by atoms with van der Waals surface area (Å²) in [5, 5.41) is 19.7. The molecule has 3 rings (SSSR count). The fourth-order valence-electron chi connectivity index (χ4n) is 4.02. The van der Waals surface area contributed by atoms with Crippen LogP contribution < -0.4 is 10.7 Å². The molecule has 0 fully saturated rings. The molecular formula is C27H32F2N6O5S. The fourth-order valence-corrected chi connectivity index (χ4v) is 4.34. The molecule has 0 spiro atoms. The molecule has 14 heteroatoms. The number of rotatable bonds is 8. The Labute approximate surface area is 241 Å². The maximum absolute atomic E-state index is 15.2. The average Bonchev–Trinajstić information content (AvgIpc) is 3.41. The van der Waals surface area contributed by atoms with Crippen LogP contribution in [0.4, 0.5) is 13.6 Å². The second-order valence-electron chi connectivity index (χ2n) is 10.1. The van der Waals surface area contributed by atoms with E-state index in [1.54, 1.807) is 51.1 Å². The van der Waals surface area contributed by atoms with Crippen LogP contribution in [0.15, 0.2) is 61.2 Å². The number of carbonyl (C=O) groups excluding carboxylic acids is 2. The summed E-state index contributed by atoms with van der Waals surface area (Å²) in [6.45, 7) is 6.00. The molecule has 0 bridgehead atoms. The van der Waals surface area contributed by atoms with E-state index >= 15 is 4.39 Å². The zero-order valence-corrected chi connectivity index (χ0v) is 24.0. The van der Waals surface area contributed by atoms with Crippen molar-refractivity contribution < 1.29 is 33.0 Å². The molecule has 0 radical (unpaired) electrons. The molecule has 1 heterocycles. The Morgan fingerprint density at radius 2 is 1.85 bits per heavy atom. The largest absolute Gasteiger partial charge is 0.467 e. The summed E-state index contributed by atoms with van der Waals surface area (Å²) in [6, 6.07) is 8.82. The van der Waals surface area contributed by atoms with Gasteiger partial charge in [0.05, 0.1) is 19.7 Å². The molecule has 0 saturated carbocycles. The van der Waals surface area contributed by atoms with Crippen molar-refractivity contribution in [2.75, 3.05) is 7.11 Å². The van der Waals surface area contributed by atoms with E-state index in [9.17, 15) is 19.1 Å². The van der Waals surface area contributed by atoms with Crippen LogP contribution in [0.5, 0.6) is 0 Å². The van der Waals surface area contributed by atoms with Gasteiger partial charge in [0.15, 0.2) is 11.2 Å².